The molecule has 0 N–H and O–H groups in total. The molecule has 154 valence electrons. The van der Waals surface area contributed by atoms with E-state index in [0.717, 1.165) is 44.6 Å². The number of piperidine rings is 1. The first-order valence-corrected chi connectivity index (χ1v) is 10.6. The van der Waals surface area contributed by atoms with Crippen LogP contribution in [0, 0.1) is 0 Å². The molecule has 1 amide bonds. The van der Waals surface area contributed by atoms with Crippen molar-refractivity contribution in [2.75, 3.05) is 24.5 Å². The van der Waals surface area contributed by atoms with Crippen molar-refractivity contribution >= 4 is 11.7 Å². The highest BCUT2D eigenvalue weighted by molar-refractivity contribution is 6.00. The van der Waals surface area contributed by atoms with Crippen molar-refractivity contribution in [3.05, 3.63) is 91.1 Å². The van der Waals surface area contributed by atoms with Crippen molar-refractivity contribution in [2.24, 2.45) is 0 Å². The number of aromatic nitrogens is 2. The molecular weight excluding hydrogens is 372 g/mol. The zero-order valence-corrected chi connectivity index (χ0v) is 17.2. The van der Waals surface area contributed by atoms with Crippen LogP contribution in [-0.2, 0) is 11.2 Å². The van der Waals surface area contributed by atoms with Gasteiger partial charge in [0, 0.05) is 37.9 Å². The minimum Gasteiger partial charge on any atom is -0.303 e. The summed E-state index contributed by atoms with van der Waals surface area (Å²) >= 11 is 0. The quantitative estimate of drug-likeness (QED) is 0.561. The van der Waals surface area contributed by atoms with Gasteiger partial charge in [0.2, 0.25) is 0 Å². The Bertz CT molecular complexity index is 959. The zero-order chi connectivity index (χ0) is 20.8. The number of likely N-dealkylation sites (tertiary alicyclic amines) is 1. The Labute approximate surface area is 178 Å². The van der Waals surface area contributed by atoms with E-state index in [-0.39, 0.29) is 11.9 Å². The average molecular weight is 401 g/mol. The van der Waals surface area contributed by atoms with Gasteiger partial charge in [-0.05, 0) is 43.0 Å². The molecule has 0 saturated carbocycles. The molecule has 0 unspecified atom stereocenters. The van der Waals surface area contributed by atoms with Crippen LogP contribution < -0.4 is 4.90 Å². The summed E-state index contributed by atoms with van der Waals surface area (Å²) in [4.78, 5) is 17.0. The normalized spacial score (nSPS) is 15.1. The van der Waals surface area contributed by atoms with Gasteiger partial charge >= 0.3 is 0 Å². The van der Waals surface area contributed by atoms with E-state index >= 15 is 0 Å². The minimum absolute atomic E-state index is 0.0870. The molecule has 0 aliphatic carbocycles. The van der Waals surface area contributed by atoms with Crippen LogP contribution in [0.3, 0.4) is 0 Å². The van der Waals surface area contributed by atoms with Gasteiger partial charge in [-0.2, -0.15) is 0 Å². The lowest BCUT2D eigenvalue weighted by atomic mass is 10.0. The molecule has 0 atom stereocenters. The number of hydrogen-bond acceptors (Lipinski definition) is 3. The second-order valence-corrected chi connectivity index (χ2v) is 7.67. The Balaban J connectivity index is 1.41. The van der Waals surface area contributed by atoms with Crippen molar-refractivity contribution in [3.8, 4) is 5.69 Å². The molecule has 1 saturated heterocycles. The SMILES string of the molecule is C=CC(=O)N(c1ccn(-c2ccccc2)n1)C1CCN(CCc2ccccc2)CC1. The monoisotopic (exact) mass is 400 g/mol. The third-order valence-corrected chi connectivity index (χ3v) is 5.74. The van der Waals surface area contributed by atoms with Crippen molar-refractivity contribution in [2.45, 2.75) is 25.3 Å². The number of rotatable bonds is 7. The summed E-state index contributed by atoms with van der Waals surface area (Å²) in [5.41, 5.74) is 2.35. The largest absolute Gasteiger partial charge is 0.303 e. The molecule has 3 aromatic rings. The summed E-state index contributed by atoms with van der Waals surface area (Å²) < 4.78 is 1.81. The van der Waals surface area contributed by atoms with Crippen molar-refractivity contribution in [3.63, 3.8) is 0 Å². The van der Waals surface area contributed by atoms with Crippen LogP contribution in [0.5, 0.6) is 0 Å². The fraction of sp³-hybridized carbons (Fsp3) is 0.280. The van der Waals surface area contributed by atoms with E-state index in [1.165, 1.54) is 11.6 Å². The molecule has 1 aromatic heterocycles. The highest BCUT2D eigenvalue weighted by Gasteiger charge is 2.29. The molecule has 1 aliphatic rings. The Morgan fingerprint density at radius 2 is 1.70 bits per heavy atom. The number of para-hydroxylation sites is 1. The second-order valence-electron chi connectivity index (χ2n) is 7.67. The molecule has 1 aliphatic heterocycles. The van der Waals surface area contributed by atoms with Gasteiger partial charge in [0.15, 0.2) is 5.82 Å². The Morgan fingerprint density at radius 3 is 2.37 bits per heavy atom. The van der Waals surface area contributed by atoms with E-state index in [1.807, 2.05) is 52.2 Å². The van der Waals surface area contributed by atoms with Crippen LogP contribution in [0.2, 0.25) is 0 Å². The smallest absolute Gasteiger partial charge is 0.251 e. The fourth-order valence-electron chi connectivity index (χ4n) is 4.08. The van der Waals surface area contributed by atoms with E-state index in [4.69, 9.17) is 0 Å². The molecule has 0 radical (unpaired) electrons. The molecule has 0 bridgehead atoms. The summed E-state index contributed by atoms with van der Waals surface area (Å²) in [6, 6.07) is 22.6. The van der Waals surface area contributed by atoms with Crippen LogP contribution in [0.1, 0.15) is 18.4 Å². The van der Waals surface area contributed by atoms with Crippen LogP contribution in [-0.4, -0.2) is 46.3 Å². The number of benzene rings is 2. The van der Waals surface area contributed by atoms with Gasteiger partial charge in [0.25, 0.3) is 5.91 Å². The first kappa shape index (κ1) is 20.1. The third kappa shape index (κ3) is 4.69. The van der Waals surface area contributed by atoms with Crippen molar-refractivity contribution < 1.29 is 4.79 Å². The highest BCUT2D eigenvalue weighted by Crippen LogP contribution is 2.24. The summed E-state index contributed by atoms with van der Waals surface area (Å²) in [5.74, 6) is 0.600. The van der Waals surface area contributed by atoms with Crippen LogP contribution in [0.25, 0.3) is 5.69 Å². The molecule has 2 aromatic carbocycles. The molecule has 5 nitrogen and oxygen atoms in total. The average Bonchev–Trinajstić information content (AvgIpc) is 3.29. The lowest BCUT2D eigenvalue weighted by Crippen LogP contribution is -2.47. The lowest BCUT2D eigenvalue weighted by molar-refractivity contribution is -0.114. The number of hydrogen-bond donors (Lipinski definition) is 0. The van der Waals surface area contributed by atoms with Gasteiger partial charge in [-0.1, -0.05) is 55.1 Å². The van der Waals surface area contributed by atoms with E-state index < -0.39 is 0 Å². The summed E-state index contributed by atoms with van der Waals surface area (Å²) in [7, 11) is 0. The zero-order valence-electron chi connectivity index (χ0n) is 17.2. The van der Waals surface area contributed by atoms with E-state index in [2.05, 4.69) is 46.9 Å². The molecular formula is C25H28N4O. The first-order chi connectivity index (χ1) is 14.7. The van der Waals surface area contributed by atoms with Gasteiger partial charge in [0.1, 0.15) is 0 Å². The molecule has 30 heavy (non-hydrogen) atoms. The number of carbonyl (C=O) groups is 1. The first-order valence-electron chi connectivity index (χ1n) is 10.6. The molecule has 4 rings (SSSR count). The Hall–Kier alpha value is -3.18. The fourth-order valence-corrected chi connectivity index (χ4v) is 4.08. The second kappa shape index (κ2) is 9.55. The molecule has 1 fully saturated rings. The predicted molar refractivity (Wildman–Crippen MR) is 121 cm³/mol. The lowest BCUT2D eigenvalue weighted by Gasteiger charge is -2.37. The van der Waals surface area contributed by atoms with E-state index in [0.29, 0.717) is 5.82 Å². The van der Waals surface area contributed by atoms with Crippen LogP contribution >= 0.6 is 0 Å². The van der Waals surface area contributed by atoms with Crippen LogP contribution in [0.15, 0.2) is 85.6 Å². The summed E-state index contributed by atoms with van der Waals surface area (Å²) in [5, 5.41) is 4.68. The van der Waals surface area contributed by atoms with E-state index in [1.54, 1.807) is 0 Å². The molecule has 5 heteroatoms. The van der Waals surface area contributed by atoms with Gasteiger partial charge in [0.05, 0.1) is 5.69 Å². The Morgan fingerprint density at radius 1 is 1.03 bits per heavy atom. The molecule has 2 heterocycles. The maximum absolute atomic E-state index is 12.7. The van der Waals surface area contributed by atoms with Gasteiger partial charge < -0.3 is 4.90 Å². The molecule has 0 spiro atoms. The van der Waals surface area contributed by atoms with Crippen molar-refractivity contribution in [1.29, 1.82) is 0 Å². The maximum Gasteiger partial charge on any atom is 0.251 e. The number of anilines is 1. The van der Waals surface area contributed by atoms with Crippen LogP contribution in [0.4, 0.5) is 5.82 Å². The third-order valence-electron chi connectivity index (χ3n) is 5.74. The number of nitrogens with zero attached hydrogens (tertiary/aromatic N) is 4. The number of amides is 1. The highest BCUT2D eigenvalue weighted by atomic mass is 16.2. The summed E-state index contributed by atoms with van der Waals surface area (Å²) in [6.45, 7) is 6.73. The Kier molecular flexibility index (Phi) is 6.40. The van der Waals surface area contributed by atoms with Gasteiger partial charge in [-0.15, -0.1) is 5.10 Å². The maximum atomic E-state index is 12.7. The predicted octanol–water partition coefficient (Wildman–Crippen LogP) is 4.10. The van der Waals surface area contributed by atoms with Gasteiger partial charge in [-0.25, -0.2) is 4.68 Å². The topological polar surface area (TPSA) is 41.4 Å². The number of carbonyl (C=O) groups excluding carboxylic acids is 1. The summed E-state index contributed by atoms with van der Waals surface area (Å²) in [6.07, 6.45) is 6.23. The van der Waals surface area contributed by atoms with Gasteiger partial charge in [-0.3, -0.25) is 9.69 Å². The van der Waals surface area contributed by atoms with E-state index in [9.17, 15) is 4.79 Å². The minimum atomic E-state index is -0.0870. The standard InChI is InChI=1S/C25H28N4O/c1-2-25(30)29(24-16-20-28(26-24)22-11-7-4-8-12-22)23-14-18-27(19-15-23)17-13-21-9-5-3-6-10-21/h2-12,16,20,23H,1,13-15,17-19H2. The van der Waals surface area contributed by atoms with Crippen molar-refractivity contribution in [1.82, 2.24) is 14.7 Å².